The molecule has 2 amide bonds. The molecule has 0 spiro atoms. The number of phenols is 1. The molecule has 1 aromatic rings. The molecule has 7 heteroatoms. The van der Waals surface area contributed by atoms with E-state index in [1.807, 2.05) is 6.79 Å². The van der Waals surface area contributed by atoms with E-state index in [2.05, 4.69) is 11.5 Å². The molecule has 0 bridgehead atoms. The number of carbonyl (C=O) groups excluding carboxylic acids is 2. The SMILES string of the molecule is C=O.NC(N)=O.OCc1cc(Cl)ccc1O. The summed E-state index contributed by atoms with van der Waals surface area (Å²) < 4.78 is 0. The van der Waals surface area contributed by atoms with Crippen LogP contribution in [0.25, 0.3) is 0 Å². The minimum atomic E-state index is -0.833. The van der Waals surface area contributed by atoms with Gasteiger partial charge in [0.1, 0.15) is 12.5 Å². The first kappa shape index (κ1) is 16.6. The number of hydrogen-bond acceptors (Lipinski definition) is 4. The molecule has 6 nitrogen and oxygen atoms in total. The van der Waals surface area contributed by atoms with Gasteiger partial charge in [-0.2, -0.15) is 0 Å². The average molecular weight is 249 g/mol. The number of carbonyl (C=O) groups is 2. The summed E-state index contributed by atoms with van der Waals surface area (Å²) in [4.78, 5) is 17.0. The second-order valence-electron chi connectivity index (χ2n) is 2.33. The lowest BCUT2D eigenvalue weighted by atomic mass is 10.2. The number of benzene rings is 1. The Kier molecular flexibility index (Phi) is 10.1. The number of hydrogen-bond donors (Lipinski definition) is 4. The van der Waals surface area contributed by atoms with Crippen molar-refractivity contribution < 1.29 is 19.8 Å². The van der Waals surface area contributed by atoms with Gasteiger partial charge in [0.2, 0.25) is 0 Å². The standard InChI is InChI=1S/C7H7ClO2.CH4N2O.CH2O/c8-6-1-2-7(10)5(3-6)4-9;2-1(3)4;1-2/h1-3,9-10H,4H2;(H4,2,3,4);1H2. The van der Waals surface area contributed by atoms with Crippen molar-refractivity contribution in [2.45, 2.75) is 6.61 Å². The molecule has 0 aliphatic heterocycles. The third kappa shape index (κ3) is 8.79. The predicted molar refractivity (Wildman–Crippen MR) is 59.9 cm³/mol. The highest BCUT2D eigenvalue weighted by Gasteiger charge is 1.98. The maximum absolute atomic E-state index is 9.02. The lowest BCUT2D eigenvalue weighted by molar-refractivity contribution is -0.0979. The van der Waals surface area contributed by atoms with E-state index in [9.17, 15) is 0 Å². The smallest absolute Gasteiger partial charge is 0.309 e. The van der Waals surface area contributed by atoms with E-state index in [0.29, 0.717) is 10.6 Å². The van der Waals surface area contributed by atoms with Crippen molar-refractivity contribution in [1.29, 1.82) is 0 Å². The highest BCUT2D eigenvalue weighted by Crippen LogP contribution is 2.20. The molecular weight excluding hydrogens is 236 g/mol. The molecule has 0 heterocycles. The van der Waals surface area contributed by atoms with Gasteiger partial charge in [-0.1, -0.05) is 11.6 Å². The maximum Gasteiger partial charge on any atom is 0.309 e. The Morgan fingerprint density at radius 2 is 1.81 bits per heavy atom. The van der Waals surface area contributed by atoms with Crippen LogP contribution in [0.1, 0.15) is 5.56 Å². The lowest BCUT2D eigenvalue weighted by Crippen LogP contribution is -2.18. The van der Waals surface area contributed by atoms with Crippen LogP contribution >= 0.6 is 11.6 Å². The Balaban J connectivity index is 0. The van der Waals surface area contributed by atoms with Gasteiger partial charge in [-0.05, 0) is 18.2 Å². The molecule has 1 rings (SSSR count). The third-order valence-electron chi connectivity index (χ3n) is 1.21. The Labute approximate surface area is 97.4 Å². The van der Waals surface area contributed by atoms with Crippen molar-refractivity contribution in [3.8, 4) is 5.75 Å². The molecule has 0 saturated heterocycles. The molecule has 0 fully saturated rings. The van der Waals surface area contributed by atoms with Crippen molar-refractivity contribution in [1.82, 2.24) is 0 Å². The zero-order valence-corrected chi connectivity index (χ0v) is 9.15. The Morgan fingerprint density at radius 3 is 2.12 bits per heavy atom. The monoisotopic (exact) mass is 248 g/mol. The molecule has 0 aromatic heterocycles. The summed E-state index contributed by atoms with van der Waals surface area (Å²) >= 11 is 5.57. The van der Waals surface area contributed by atoms with E-state index < -0.39 is 6.03 Å². The Morgan fingerprint density at radius 1 is 1.38 bits per heavy atom. The molecule has 1 aromatic carbocycles. The van der Waals surface area contributed by atoms with E-state index in [0.717, 1.165) is 0 Å². The van der Waals surface area contributed by atoms with Crippen molar-refractivity contribution in [2.24, 2.45) is 11.5 Å². The van der Waals surface area contributed by atoms with Gasteiger partial charge in [0.15, 0.2) is 0 Å². The molecule has 0 radical (unpaired) electrons. The van der Waals surface area contributed by atoms with Crippen molar-refractivity contribution in [3.05, 3.63) is 28.8 Å². The molecule has 0 atom stereocenters. The van der Waals surface area contributed by atoms with E-state index in [-0.39, 0.29) is 12.4 Å². The van der Waals surface area contributed by atoms with Crippen LogP contribution in [-0.2, 0) is 11.4 Å². The number of urea groups is 1. The number of aliphatic hydroxyl groups is 1. The van der Waals surface area contributed by atoms with Gasteiger partial charge in [-0.15, -0.1) is 0 Å². The quantitative estimate of drug-likeness (QED) is 0.573. The second kappa shape index (κ2) is 9.75. The first-order valence-electron chi connectivity index (χ1n) is 3.89. The number of aromatic hydroxyl groups is 1. The summed E-state index contributed by atoms with van der Waals surface area (Å²) in [5.41, 5.74) is 8.95. The zero-order valence-electron chi connectivity index (χ0n) is 8.39. The minimum Gasteiger partial charge on any atom is -0.508 e. The number of amides is 2. The number of primary amides is 2. The third-order valence-corrected chi connectivity index (χ3v) is 1.45. The van der Waals surface area contributed by atoms with Crippen LogP contribution < -0.4 is 11.5 Å². The molecule has 16 heavy (non-hydrogen) atoms. The minimum absolute atomic E-state index is 0.0758. The van der Waals surface area contributed by atoms with E-state index in [4.69, 9.17) is 31.4 Å². The number of aliphatic hydroxyl groups excluding tert-OH is 1. The van der Waals surface area contributed by atoms with Crippen molar-refractivity contribution in [2.75, 3.05) is 0 Å². The van der Waals surface area contributed by atoms with E-state index in [1.165, 1.54) is 12.1 Å². The van der Waals surface area contributed by atoms with Crippen molar-refractivity contribution >= 4 is 24.4 Å². The lowest BCUT2D eigenvalue weighted by Gasteiger charge is -1.99. The Hall–Kier alpha value is -1.79. The summed E-state index contributed by atoms with van der Waals surface area (Å²) in [5, 5.41) is 18.2. The first-order valence-corrected chi connectivity index (χ1v) is 4.27. The second-order valence-corrected chi connectivity index (χ2v) is 2.77. The number of rotatable bonds is 1. The van der Waals surface area contributed by atoms with Crippen LogP contribution in [0.15, 0.2) is 18.2 Å². The van der Waals surface area contributed by atoms with Gasteiger partial charge in [-0.25, -0.2) is 4.79 Å². The molecule has 90 valence electrons. The van der Waals surface area contributed by atoms with Crippen LogP contribution in [-0.4, -0.2) is 23.0 Å². The Bertz CT molecular complexity index is 329. The highest BCUT2D eigenvalue weighted by molar-refractivity contribution is 6.30. The fourth-order valence-corrected chi connectivity index (χ4v) is 0.875. The average Bonchev–Trinajstić information content (AvgIpc) is 2.24. The van der Waals surface area contributed by atoms with Gasteiger partial charge in [-0.3, -0.25) is 0 Å². The fourth-order valence-electron chi connectivity index (χ4n) is 0.681. The fraction of sp³-hybridized carbons (Fsp3) is 0.111. The number of halogens is 1. The van der Waals surface area contributed by atoms with Gasteiger partial charge < -0.3 is 26.5 Å². The molecule has 0 unspecified atom stereocenters. The summed E-state index contributed by atoms with van der Waals surface area (Å²) in [5.74, 6) is 0.0758. The van der Waals surface area contributed by atoms with Gasteiger partial charge in [0.25, 0.3) is 0 Å². The van der Waals surface area contributed by atoms with Crippen LogP contribution in [0.3, 0.4) is 0 Å². The van der Waals surface area contributed by atoms with Crippen LogP contribution in [0.4, 0.5) is 4.79 Å². The van der Waals surface area contributed by atoms with Gasteiger partial charge in [0, 0.05) is 10.6 Å². The summed E-state index contributed by atoms with van der Waals surface area (Å²) in [6.45, 7) is 1.81. The largest absolute Gasteiger partial charge is 0.508 e. The van der Waals surface area contributed by atoms with Crippen LogP contribution in [0, 0.1) is 0 Å². The summed E-state index contributed by atoms with van der Waals surface area (Å²) in [6.07, 6.45) is 0. The maximum atomic E-state index is 9.02. The summed E-state index contributed by atoms with van der Waals surface area (Å²) in [7, 11) is 0. The predicted octanol–water partition coefficient (Wildman–Crippen LogP) is 0.377. The van der Waals surface area contributed by atoms with Crippen LogP contribution in [0.5, 0.6) is 5.75 Å². The highest BCUT2D eigenvalue weighted by atomic mass is 35.5. The van der Waals surface area contributed by atoms with E-state index >= 15 is 0 Å². The van der Waals surface area contributed by atoms with E-state index in [1.54, 1.807) is 6.07 Å². The molecular formula is C9H13ClN2O4. The van der Waals surface area contributed by atoms with Gasteiger partial charge in [0.05, 0.1) is 6.61 Å². The topological polar surface area (TPSA) is 127 Å². The molecule has 6 N–H and O–H groups in total. The number of nitrogens with two attached hydrogens (primary N) is 2. The molecule has 0 aliphatic rings. The van der Waals surface area contributed by atoms with Crippen molar-refractivity contribution in [3.63, 3.8) is 0 Å². The first-order chi connectivity index (χ1) is 7.47. The molecule has 0 saturated carbocycles. The summed E-state index contributed by atoms with van der Waals surface area (Å²) in [6, 6.07) is 3.71. The molecule has 0 aliphatic carbocycles. The zero-order chi connectivity index (χ0) is 13.1. The normalized spacial score (nSPS) is 7.88. The van der Waals surface area contributed by atoms with Gasteiger partial charge >= 0.3 is 6.03 Å². The van der Waals surface area contributed by atoms with Crippen LogP contribution in [0.2, 0.25) is 5.02 Å².